The van der Waals surface area contributed by atoms with Gasteiger partial charge in [0.1, 0.15) is 0 Å². The summed E-state index contributed by atoms with van der Waals surface area (Å²) in [7, 11) is 0. The Balaban J connectivity index is 2.15. The van der Waals surface area contributed by atoms with E-state index in [2.05, 4.69) is 12.2 Å². The molecule has 4 heteroatoms. The Labute approximate surface area is 107 Å². The van der Waals surface area contributed by atoms with Crippen molar-refractivity contribution in [2.24, 2.45) is 0 Å². The molecule has 1 aromatic carbocycles. The van der Waals surface area contributed by atoms with E-state index in [4.69, 9.17) is 0 Å². The number of nitrogens with zero attached hydrogens (tertiary/aromatic N) is 1. The molecular formula is C14H20F2N2. The van der Waals surface area contributed by atoms with Crippen LogP contribution in [0.25, 0.3) is 0 Å². The molecule has 2 unspecified atom stereocenters. The van der Waals surface area contributed by atoms with E-state index in [0.717, 1.165) is 12.1 Å². The van der Waals surface area contributed by atoms with Crippen molar-refractivity contribution in [3.8, 4) is 0 Å². The summed E-state index contributed by atoms with van der Waals surface area (Å²) in [6.45, 7) is 5.26. The third kappa shape index (κ3) is 2.87. The summed E-state index contributed by atoms with van der Waals surface area (Å²) in [5.74, 6) is 0. The van der Waals surface area contributed by atoms with Gasteiger partial charge >= 0.3 is 0 Å². The minimum absolute atomic E-state index is 0.148. The van der Waals surface area contributed by atoms with E-state index >= 15 is 0 Å². The van der Waals surface area contributed by atoms with E-state index in [1.807, 2.05) is 42.2 Å². The van der Waals surface area contributed by atoms with Gasteiger partial charge in [-0.15, -0.1) is 0 Å². The minimum Gasteiger partial charge on any atom is -0.305 e. The highest BCUT2D eigenvalue weighted by Gasteiger charge is 2.36. The van der Waals surface area contributed by atoms with Crippen molar-refractivity contribution in [2.75, 3.05) is 19.6 Å². The van der Waals surface area contributed by atoms with Crippen molar-refractivity contribution < 1.29 is 8.78 Å². The summed E-state index contributed by atoms with van der Waals surface area (Å²) in [4.78, 5) is 1.87. The fourth-order valence-corrected chi connectivity index (χ4v) is 2.54. The Morgan fingerprint density at radius 1 is 1.39 bits per heavy atom. The number of rotatable bonds is 3. The van der Waals surface area contributed by atoms with Gasteiger partial charge in [-0.05, 0) is 19.4 Å². The smallest absolute Gasteiger partial charge is 0.251 e. The lowest BCUT2D eigenvalue weighted by Gasteiger charge is -2.45. The average molecular weight is 254 g/mol. The first-order valence-corrected chi connectivity index (χ1v) is 6.34. The summed E-state index contributed by atoms with van der Waals surface area (Å²) < 4.78 is 25.2. The third-order valence-corrected chi connectivity index (χ3v) is 3.71. The van der Waals surface area contributed by atoms with Gasteiger partial charge in [0.05, 0.1) is 12.1 Å². The predicted octanol–water partition coefficient (Wildman–Crippen LogP) is 2.46. The second-order valence-corrected chi connectivity index (χ2v) is 5.25. The maximum Gasteiger partial charge on any atom is 0.251 e. The molecule has 100 valence electrons. The van der Waals surface area contributed by atoms with Crippen molar-refractivity contribution in [3.05, 3.63) is 35.9 Å². The number of hydrogen-bond acceptors (Lipinski definition) is 2. The highest BCUT2D eigenvalue weighted by molar-refractivity contribution is 5.25. The quantitative estimate of drug-likeness (QED) is 0.891. The predicted molar refractivity (Wildman–Crippen MR) is 68.8 cm³/mol. The first kappa shape index (κ1) is 13.4. The van der Waals surface area contributed by atoms with Crippen LogP contribution < -0.4 is 5.32 Å². The molecule has 1 aromatic rings. The Morgan fingerprint density at radius 3 is 2.67 bits per heavy atom. The first-order chi connectivity index (χ1) is 8.51. The summed E-state index contributed by atoms with van der Waals surface area (Å²) >= 11 is 0. The third-order valence-electron chi connectivity index (χ3n) is 3.71. The summed E-state index contributed by atoms with van der Waals surface area (Å²) in [6.07, 6.45) is -2.27. The van der Waals surface area contributed by atoms with Crippen molar-refractivity contribution in [1.29, 1.82) is 0 Å². The number of halogens is 2. The fraction of sp³-hybridized carbons (Fsp3) is 0.571. The molecular weight excluding hydrogens is 234 g/mol. The molecule has 0 amide bonds. The summed E-state index contributed by atoms with van der Waals surface area (Å²) in [5, 5.41) is 3.48. The van der Waals surface area contributed by atoms with Crippen molar-refractivity contribution in [2.45, 2.75) is 31.9 Å². The van der Waals surface area contributed by atoms with Crippen LogP contribution in [0.5, 0.6) is 0 Å². The molecule has 0 saturated carbocycles. The minimum atomic E-state index is -2.27. The molecule has 2 rings (SSSR count). The zero-order chi connectivity index (χ0) is 13.2. The molecule has 18 heavy (non-hydrogen) atoms. The lowest BCUT2D eigenvalue weighted by atomic mass is 9.88. The summed E-state index contributed by atoms with van der Waals surface area (Å²) in [5.41, 5.74) is 0.902. The molecule has 0 bridgehead atoms. The van der Waals surface area contributed by atoms with E-state index in [9.17, 15) is 8.78 Å². The van der Waals surface area contributed by atoms with Gasteiger partial charge in [0, 0.05) is 19.1 Å². The molecule has 0 spiro atoms. The van der Waals surface area contributed by atoms with Gasteiger partial charge in [-0.2, -0.15) is 0 Å². The van der Waals surface area contributed by atoms with Crippen LogP contribution in [-0.2, 0) is 5.54 Å². The molecule has 0 radical (unpaired) electrons. The Morgan fingerprint density at radius 2 is 2.06 bits per heavy atom. The van der Waals surface area contributed by atoms with E-state index in [1.165, 1.54) is 0 Å². The van der Waals surface area contributed by atoms with E-state index in [-0.39, 0.29) is 18.1 Å². The van der Waals surface area contributed by atoms with Crippen LogP contribution in [0.2, 0.25) is 0 Å². The van der Waals surface area contributed by atoms with Crippen LogP contribution in [0.1, 0.15) is 19.4 Å². The van der Waals surface area contributed by atoms with Crippen LogP contribution in [0.15, 0.2) is 30.3 Å². The van der Waals surface area contributed by atoms with Crippen LogP contribution in [0.4, 0.5) is 8.78 Å². The lowest BCUT2D eigenvalue weighted by molar-refractivity contribution is 0.0283. The second kappa shape index (κ2) is 5.33. The van der Waals surface area contributed by atoms with Crippen LogP contribution in [-0.4, -0.2) is 37.0 Å². The topological polar surface area (TPSA) is 15.3 Å². The molecule has 1 saturated heterocycles. The van der Waals surface area contributed by atoms with E-state index < -0.39 is 6.43 Å². The van der Waals surface area contributed by atoms with Crippen LogP contribution in [0, 0.1) is 0 Å². The van der Waals surface area contributed by atoms with Gasteiger partial charge in [0.15, 0.2) is 0 Å². The number of benzene rings is 1. The van der Waals surface area contributed by atoms with E-state index in [0.29, 0.717) is 6.54 Å². The highest BCUT2D eigenvalue weighted by Crippen LogP contribution is 2.26. The Bertz CT molecular complexity index is 383. The van der Waals surface area contributed by atoms with Gasteiger partial charge in [-0.1, -0.05) is 30.3 Å². The average Bonchev–Trinajstić information content (AvgIpc) is 2.35. The molecule has 0 aromatic heterocycles. The zero-order valence-corrected chi connectivity index (χ0v) is 10.9. The van der Waals surface area contributed by atoms with Crippen molar-refractivity contribution in [1.82, 2.24) is 10.2 Å². The van der Waals surface area contributed by atoms with Crippen LogP contribution >= 0.6 is 0 Å². The molecule has 0 aliphatic carbocycles. The SMILES string of the molecule is CC1CNC(C)(c2ccccc2)CN1CC(F)F. The van der Waals surface area contributed by atoms with Gasteiger partial charge in [-0.25, -0.2) is 8.78 Å². The Hall–Kier alpha value is -1.00. The molecule has 1 aliphatic rings. The Kier molecular flexibility index (Phi) is 3.97. The maximum atomic E-state index is 12.6. The molecule has 2 atom stereocenters. The summed E-state index contributed by atoms with van der Waals surface area (Å²) in [6, 6.07) is 10.2. The largest absolute Gasteiger partial charge is 0.305 e. The van der Waals surface area contributed by atoms with Crippen molar-refractivity contribution in [3.63, 3.8) is 0 Å². The number of hydrogen-bond donors (Lipinski definition) is 1. The molecule has 1 heterocycles. The highest BCUT2D eigenvalue weighted by atomic mass is 19.3. The number of piperazine rings is 1. The fourth-order valence-electron chi connectivity index (χ4n) is 2.54. The normalized spacial score (nSPS) is 29.7. The molecule has 2 nitrogen and oxygen atoms in total. The van der Waals surface area contributed by atoms with Gasteiger partial charge in [0.25, 0.3) is 6.43 Å². The zero-order valence-electron chi connectivity index (χ0n) is 10.9. The maximum absolute atomic E-state index is 12.6. The molecule has 1 fully saturated rings. The molecule has 1 N–H and O–H groups in total. The monoisotopic (exact) mass is 254 g/mol. The van der Waals surface area contributed by atoms with Gasteiger partial charge < -0.3 is 5.32 Å². The number of nitrogens with one attached hydrogen (secondary N) is 1. The van der Waals surface area contributed by atoms with E-state index in [1.54, 1.807) is 0 Å². The lowest BCUT2D eigenvalue weighted by Crippen LogP contribution is -2.61. The molecule has 1 aliphatic heterocycles. The van der Waals surface area contributed by atoms with Gasteiger partial charge in [0.2, 0.25) is 0 Å². The second-order valence-electron chi connectivity index (χ2n) is 5.25. The van der Waals surface area contributed by atoms with Gasteiger partial charge in [-0.3, -0.25) is 4.90 Å². The van der Waals surface area contributed by atoms with Crippen LogP contribution in [0.3, 0.4) is 0 Å². The van der Waals surface area contributed by atoms with Crippen molar-refractivity contribution >= 4 is 0 Å². The standard InChI is InChI=1S/C14H20F2N2/c1-11-8-17-14(2,10-18(11)9-13(15)16)12-6-4-3-5-7-12/h3-7,11,13,17H,8-10H2,1-2H3. The number of alkyl halides is 2. The first-order valence-electron chi connectivity index (χ1n) is 6.34.